The number of carboxylic acid groups (broad SMARTS) is 1. The third kappa shape index (κ3) is 4.98. The van der Waals surface area contributed by atoms with Crippen LogP contribution in [0.25, 0.3) is 0 Å². The molecule has 1 saturated heterocycles. The van der Waals surface area contributed by atoms with E-state index in [1.165, 1.54) is 12.8 Å². The number of carboxylic acids is 1. The fraction of sp³-hybridized carbons (Fsp3) is 0.647. The lowest BCUT2D eigenvalue weighted by molar-refractivity contribution is -0.142. The summed E-state index contributed by atoms with van der Waals surface area (Å²) < 4.78 is 0. The molecule has 0 aromatic carbocycles. The monoisotopic (exact) mass is 305 g/mol. The molecule has 1 atom stereocenters. The molecule has 2 heterocycles. The normalized spacial score (nSPS) is 16.2. The fourth-order valence-corrected chi connectivity index (χ4v) is 2.89. The number of carbonyl (C=O) groups is 1. The summed E-state index contributed by atoms with van der Waals surface area (Å²) in [6, 6.07) is 4.14. The lowest BCUT2D eigenvalue weighted by atomic mass is 9.97. The average molecular weight is 305 g/mol. The maximum Gasteiger partial charge on any atom is 0.307 e. The van der Waals surface area contributed by atoms with Crippen molar-refractivity contribution < 1.29 is 9.90 Å². The number of hydrogen-bond acceptors (Lipinski definition) is 4. The first-order chi connectivity index (χ1) is 10.6. The highest BCUT2D eigenvalue weighted by Gasteiger charge is 2.18. The van der Waals surface area contributed by atoms with Gasteiger partial charge in [-0.15, -0.1) is 0 Å². The molecule has 0 aliphatic carbocycles. The van der Waals surface area contributed by atoms with E-state index < -0.39 is 5.97 Å². The van der Waals surface area contributed by atoms with Crippen LogP contribution in [-0.4, -0.2) is 35.7 Å². The molecular formula is C17H27N3O2. The summed E-state index contributed by atoms with van der Waals surface area (Å²) in [5, 5.41) is 12.5. The van der Waals surface area contributed by atoms with E-state index in [-0.39, 0.29) is 5.92 Å². The van der Waals surface area contributed by atoms with E-state index in [4.69, 9.17) is 0 Å². The zero-order valence-electron chi connectivity index (χ0n) is 13.6. The number of nitrogens with one attached hydrogen (secondary N) is 1. The standard InChI is InChI=1S/C17H27N3O2/c1-13(2)9-15(17(21)22)12-18-10-14-5-6-16(19-11-14)20-7-3-4-8-20/h5-6,11,13,15,18H,3-4,7-10,12H2,1-2H3,(H,21,22). The Labute approximate surface area is 132 Å². The van der Waals surface area contributed by atoms with Crippen molar-refractivity contribution in [2.75, 3.05) is 24.5 Å². The van der Waals surface area contributed by atoms with Gasteiger partial charge in [0.15, 0.2) is 0 Å². The fourth-order valence-electron chi connectivity index (χ4n) is 2.89. The van der Waals surface area contributed by atoms with E-state index in [1.807, 2.05) is 6.20 Å². The lowest BCUT2D eigenvalue weighted by Gasteiger charge is -2.17. The smallest absolute Gasteiger partial charge is 0.307 e. The molecular weight excluding hydrogens is 278 g/mol. The van der Waals surface area contributed by atoms with Gasteiger partial charge in [-0.3, -0.25) is 4.79 Å². The molecule has 0 radical (unpaired) electrons. The predicted octanol–water partition coefficient (Wildman–Crippen LogP) is 2.52. The first kappa shape index (κ1) is 16.7. The Kier molecular flexibility index (Phi) is 6.19. The van der Waals surface area contributed by atoms with Crippen molar-refractivity contribution >= 4 is 11.8 Å². The summed E-state index contributed by atoms with van der Waals surface area (Å²) >= 11 is 0. The molecule has 0 bridgehead atoms. The number of hydrogen-bond donors (Lipinski definition) is 2. The number of nitrogens with zero attached hydrogens (tertiary/aromatic N) is 2. The van der Waals surface area contributed by atoms with Crippen LogP contribution in [-0.2, 0) is 11.3 Å². The highest BCUT2D eigenvalue weighted by molar-refractivity contribution is 5.70. The first-order valence-electron chi connectivity index (χ1n) is 8.19. The van der Waals surface area contributed by atoms with Crippen LogP contribution in [0.4, 0.5) is 5.82 Å². The van der Waals surface area contributed by atoms with E-state index in [2.05, 4.69) is 41.2 Å². The summed E-state index contributed by atoms with van der Waals surface area (Å²) in [6.45, 7) is 7.46. The van der Waals surface area contributed by atoms with Crippen LogP contribution in [0.1, 0.15) is 38.7 Å². The molecule has 1 aromatic heterocycles. The molecule has 122 valence electrons. The van der Waals surface area contributed by atoms with Gasteiger partial charge in [0, 0.05) is 32.4 Å². The third-order valence-corrected chi connectivity index (χ3v) is 4.06. The van der Waals surface area contributed by atoms with Gasteiger partial charge in [-0.1, -0.05) is 19.9 Å². The molecule has 1 unspecified atom stereocenters. The van der Waals surface area contributed by atoms with Crippen molar-refractivity contribution in [2.45, 2.75) is 39.7 Å². The van der Waals surface area contributed by atoms with Crippen LogP contribution in [0.15, 0.2) is 18.3 Å². The molecule has 22 heavy (non-hydrogen) atoms. The molecule has 1 aliphatic rings. The van der Waals surface area contributed by atoms with Gasteiger partial charge in [0.2, 0.25) is 0 Å². The van der Waals surface area contributed by atoms with Crippen molar-refractivity contribution in [3.63, 3.8) is 0 Å². The maximum atomic E-state index is 11.2. The Morgan fingerprint density at radius 1 is 1.36 bits per heavy atom. The second kappa shape index (κ2) is 8.13. The Morgan fingerprint density at radius 3 is 2.64 bits per heavy atom. The maximum absolute atomic E-state index is 11.2. The third-order valence-electron chi connectivity index (χ3n) is 4.06. The van der Waals surface area contributed by atoms with E-state index in [9.17, 15) is 9.90 Å². The molecule has 0 saturated carbocycles. The predicted molar refractivity (Wildman–Crippen MR) is 88.0 cm³/mol. The molecule has 5 nitrogen and oxygen atoms in total. The minimum absolute atomic E-state index is 0.322. The Bertz CT molecular complexity index is 467. The molecule has 2 rings (SSSR count). The van der Waals surface area contributed by atoms with Gasteiger partial charge in [0.25, 0.3) is 0 Å². The van der Waals surface area contributed by atoms with Gasteiger partial charge >= 0.3 is 5.97 Å². The molecule has 0 spiro atoms. The summed E-state index contributed by atoms with van der Waals surface area (Å²) in [7, 11) is 0. The number of pyridine rings is 1. The minimum Gasteiger partial charge on any atom is -0.481 e. The van der Waals surface area contributed by atoms with Gasteiger partial charge in [0.05, 0.1) is 5.92 Å². The van der Waals surface area contributed by atoms with Crippen molar-refractivity contribution in [1.82, 2.24) is 10.3 Å². The number of rotatable bonds is 8. The molecule has 1 aliphatic heterocycles. The first-order valence-corrected chi connectivity index (χ1v) is 8.19. The van der Waals surface area contributed by atoms with Gasteiger partial charge in [-0.05, 0) is 36.8 Å². The van der Waals surface area contributed by atoms with Crippen molar-refractivity contribution in [3.05, 3.63) is 23.9 Å². The van der Waals surface area contributed by atoms with Crippen molar-refractivity contribution in [2.24, 2.45) is 11.8 Å². The van der Waals surface area contributed by atoms with E-state index in [0.717, 1.165) is 24.5 Å². The number of anilines is 1. The summed E-state index contributed by atoms with van der Waals surface area (Å²) in [4.78, 5) is 18.0. The molecule has 5 heteroatoms. The van der Waals surface area contributed by atoms with Crippen LogP contribution in [0, 0.1) is 11.8 Å². The Hall–Kier alpha value is -1.62. The zero-order valence-corrected chi connectivity index (χ0v) is 13.6. The summed E-state index contributed by atoms with van der Waals surface area (Å²) in [6.07, 6.45) is 5.09. The van der Waals surface area contributed by atoms with Crippen molar-refractivity contribution in [3.8, 4) is 0 Å². The molecule has 1 aromatic rings. The summed E-state index contributed by atoms with van der Waals surface area (Å²) in [5.74, 6) is 0.398. The highest BCUT2D eigenvalue weighted by atomic mass is 16.4. The molecule has 1 fully saturated rings. The zero-order chi connectivity index (χ0) is 15.9. The van der Waals surface area contributed by atoms with E-state index >= 15 is 0 Å². The van der Waals surface area contributed by atoms with E-state index in [1.54, 1.807) is 0 Å². The SMILES string of the molecule is CC(C)CC(CNCc1ccc(N2CCCC2)nc1)C(=O)O. The van der Waals surface area contributed by atoms with Gasteiger partial charge in [-0.2, -0.15) is 0 Å². The largest absolute Gasteiger partial charge is 0.481 e. The van der Waals surface area contributed by atoms with Gasteiger partial charge < -0.3 is 15.3 Å². The molecule has 0 amide bonds. The lowest BCUT2D eigenvalue weighted by Crippen LogP contribution is -2.29. The topological polar surface area (TPSA) is 65.5 Å². The van der Waals surface area contributed by atoms with Crippen LogP contribution in [0.3, 0.4) is 0 Å². The van der Waals surface area contributed by atoms with Crippen LogP contribution in [0.5, 0.6) is 0 Å². The van der Waals surface area contributed by atoms with Gasteiger partial charge in [0.1, 0.15) is 5.82 Å². The van der Waals surface area contributed by atoms with E-state index in [0.29, 0.717) is 25.4 Å². The minimum atomic E-state index is -0.719. The highest BCUT2D eigenvalue weighted by Crippen LogP contribution is 2.17. The van der Waals surface area contributed by atoms with Crippen LogP contribution < -0.4 is 10.2 Å². The van der Waals surface area contributed by atoms with Crippen LogP contribution >= 0.6 is 0 Å². The quantitative estimate of drug-likeness (QED) is 0.772. The average Bonchev–Trinajstić information content (AvgIpc) is 3.00. The van der Waals surface area contributed by atoms with Crippen molar-refractivity contribution in [1.29, 1.82) is 0 Å². The number of aliphatic carboxylic acids is 1. The Morgan fingerprint density at radius 2 is 2.09 bits per heavy atom. The van der Waals surface area contributed by atoms with Crippen LogP contribution in [0.2, 0.25) is 0 Å². The second-order valence-electron chi connectivity index (χ2n) is 6.51. The number of aromatic nitrogens is 1. The Balaban J connectivity index is 1.79. The van der Waals surface area contributed by atoms with Gasteiger partial charge in [-0.25, -0.2) is 4.98 Å². The second-order valence-corrected chi connectivity index (χ2v) is 6.51. The summed E-state index contributed by atoms with van der Waals surface area (Å²) in [5.41, 5.74) is 1.09. The molecule has 2 N–H and O–H groups in total.